The van der Waals surface area contributed by atoms with Crippen molar-refractivity contribution in [3.63, 3.8) is 0 Å². The number of aryl methyl sites for hydroxylation is 1. The van der Waals surface area contributed by atoms with E-state index in [9.17, 15) is 4.79 Å². The van der Waals surface area contributed by atoms with E-state index >= 15 is 0 Å². The highest BCUT2D eigenvalue weighted by Crippen LogP contribution is 2.37. The number of thioether (sulfide) groups is 1. The highest BCUT2D eigenvalue weighted by molar-refractivity contribution is 7.97. The third kappa shape index (κ3) is 7.55. The Kier molecular flexibility index (Phi) is 9.57. The number of nitrogens with zero attached hydrogens (tertiary/aromatic N) is 1. The van der Waals surface area contributed by atoms with E-state index in [1.165, 1.54) is 12.8 Å². The van der Waals surface area contributed by atoms with Crippen molar-refractivity contribution in [2.24, 2.45) is 5.92 Å². The Hall–Kier alpha value is -3.03. The van der Waals surface area contributed by atoms with Crippen LogP contribution >= 0.6 is 11.8 Å². The van der Waals surface area contributed by atoms with Gasteiger partial charge in [-0.3, -0.25) is 9.78 Å². The van der Waals surface area contributed by atoms with Crippen LogP contribution < -0.4 is 20.1 Å². The Balaban J connectivity index is 1.55. The number of anilines is 1. The lowest BCUT2D eigenvalue weighted by Crippen LogP contribution is -2.28. The summed E-state index contributed by atoms with van der Waals surface area (Å²) in [5, 5.41) is 6.53. The van der Waals surface area contributed by atoms with E-state index in [4.69, 9.17) is 9.47 Å². The van der Waals surface area contributed by atoms with E-state index in [0.29, 0.717) is 28.7 Å². The fourth-order valence-corrected chi connectivity index (χ4v) is 5.43. The number of nitrogens with one attached hydrogen (secondary N) is 2. The van der Waals surface area contributed by atoms with Gasteiger partial charge in [-0.1, -0.05) is 32.9 Å². The Morgan fingerprint density at radius 3 is 2.59 bits per heavy atom. The van der Waals surface area contributed by atoms with Crippen LogP contribution in [0.5, 0.6) is 17.2 Å². The fourth-order valence-electron chi connectivity index (χ4n) is 4.90. The molecule has 1 amide bonds. The Labute approximate surface area is 237 Å². The van der Waals surface area contributed by atoms with Crippen molar-refractivity contribution in [1.29, 1.82) is 0 Å². The molecule has 4 rings (SSSR count). The van der Waals surface area contributed by atoms with Crippen LogP contribution in [-0.4, -0.2) is 37.3 Å². The van der Waals surface area contributed by atoms with E-state index in [2.05, 4.69) is 48.7 Å². The zero-order valence-electron chi connectivity index (χ0n) is 24.0. The van der Waals surface area contributed by atoms with Crippen molar-refractivity contribution in [1.82, 2.24) is 10.3 Å². The lowest BCUT2D eigenvalue weighted by Gasteiger charge is -2.23. The summed E-state index contributed by atoms with van der Waals surface area (Å²) < 4.78 is 12.0. The number of rotatable bonds is 9. The average Bonchev–Trinajstić information content (AvgIpc) is 2.90. The largest absolute Gasteiger partial charge is 0.494 e. The van der Waals surface area contributed by atoms with Crippen LogP contribution in [0.3, 0.4) is 0 Å². The maximum absolute atomic E-state index is 13.5. The number of carbonyl (C=O) groups is 1. The monoisotopic (exact) mass is 547 g/mol. The van der Waals surface area contributed by atoms with E-state index < -0.39 is 0 Å². The van der Waals surface area contributed by atoms with Gasteiger partial charge in [0.2, 0.25) is 0 Å². The summed E-state index contributed by atoms with van der Waals surface area (Å²) in [5.41, 5.74) is 5.34. The van der Waals surface area contributed by atoms with Crippen LogP contribution in [0.25, 0.3) is 0 Å². The topological polar surface area (TPSA) is 72.5 Å². The minimum absolute atomic E-state index is 0.0684. The first kappa shape index (κ1) is 29.0. The summed E-state index contributed by atoms with van der Waals surface area (Å²) in [7, 11) is 1.65. The summed E-state index contributed by atoms with van der Waals surface area (Å²) in [4.78, 5) is 18.0. The molecular weight excluding hydrogens is 506 g/mol. The van der Waals surface area contributed by atoms with Gasteiger partial charge in [-0.25, -0.2) is 0 Å². The molecule has 1 aromatic heterocycles. The zero-order chi connectivity index (χ0) is 28.0. The van der Waals surface area contributed by atoms with Crippen molar-refractivity contribution < 1.29 is 14.3 Å². The molecule has 6 nitrogen and oxygen atoms in total. The fraction of sp³-hybridized carbons (Fsp3) is 0.438. The third-order valence-electron chi connectivity index (χ3n) is 7.21. The van der Waals surface area contributed by atoms with E-state index in [1.54, 1.807) is 31.1 Å². The minimum Gasteiger partial charge on any atom is -0.494 e. The number of hydrogen-bond acceptors (Lipinski definition) is 6. The van der Waals surface area contributed by atoms with Crippen LogP contribution in [0.15, 0.2) is 48.7 Å². The second kappa shape index (κ2) is 12.9. The van der Waals surface area contributed by atoms with Crippen LogP contribution in [0.4, 0.5) is 5.69 Å². The molecule has 2 N–H and O–H groups in total. The second-order valence-corrected chi connectivity index (χ2v) is 12.2. The molecule has 1 fully saturated rings. The number of methoxy groups -OCH3 is 1. The molecule has 0 atom stereocenters. The van der Waals surface area contributed by atoms with Crippen molar-refractivity contribution in [2.45, 2.75) is 58.1 Å². The van der Waals surface area contributed by atoms with Crippen LogP contribution in [0.2, 0.25) is 0 Å². The number of pyridine rings is 1. The quantitative estimate of drug-likeness (QED) is 0.297. The van der Waals surface area contributed by atoms with Gasteiger partial charge in [-0.05, 0) is 92.3 Å². The van der Waals surface area contributed by atoms with Gasteiger partial charge in [-0.15, -0.1) is 0 Å². The number of benzene rings is 2. The van der Waals surface area contributed by atoms with Crippen LogP contribution in [-0.2, 0) is 17.6 Å². The first-order valence-corrected chi connectivity index (χ1v) is 15.0. The van der Waals surface area contributed by atoms with Gasteiger partial charge < -0.3 is 20.1 Å². The van der Waals surface area contributed by atoms with E-state index in [0.717, 1.165) is 53.4 Å². The number of amides is 1. The summed E-state index contributed by atoms with van der Waals surface area (Å²) in [6.45, 7) is 10.6. The molecule has 208 valence electrons. The summed E-state index contributed by atoms with van der Waals surface area (Å²) in [5.74, 6) is 3.32. The van der Waals surface area contributed by atoms with E-state index in [-0.39, 0.29) is 11.3 Å². The van der Waals surface area contributed by atoms with Gasteiger partial charge in [0.05, 0.1) is 12.8 Å². The highest BCUT2D eigenvalue weighted by atomic mass is 32.2. The van der Waals surface area contributed by atoms with Gasteiger partial charge >= 0.3 is 0 Å². The zero-order valence-corrected chi connectivity index (χ0v) is 24.8. The summed E-state index contributed by atoms with van der Waals surface area (Å²) >= 11 is 1.73. The first-order valence-electron chi connectivity index (χ1n) is 13.6. The molecule has 0 unspecified atom stereocenters. The molecule has 1 saturated heterocycles. The molecule has 0 aliphatic carbocycles. The Morgan fingerprint density at radius 1 is 1.13 bits per heavy atom. The van der Waals surface area contributed by atoms with Crippen LogP contribution in [0, 0.1) is 12.8 Å². The highest BCUT2D eigenvalue weighted by Gasteiger charge is 2.21. The van der Waals surface area contributed by atoms with Crippen molar-refractivity contribution >= 4 is 23.4 Å². The summed E-state index contributed by atoms with van der Waals surface area (Å²) in [6.07, 6.45) is 7.16. The standard InChI is InChI=1S/C32H41N3O3S/c1-21-7-8-23(17-29(21)38-27-11-14-34-26(19-27)15-22-9-12-33-13-10-22)31(36)35-28-18-25(32(2,3)4)16-24(20-39-6)30(28)37-5/h7-8,11,14,16-19,22,33H,9-10,12-13,15,20H2,1-6H3,(H,35,36). The van der Waals surface area contributed by atoms with Gasteiger partial charge in [0.1, 0.15) is 17.2 Å². The SMILES string of the molecule is COc1c(CSC)cc(C(C)(C)C)cc1NC(=O)c1ccc(C)c(Oc2ccnc(CC3CCNCC3)c2)c1. The summed E-state index contributed by atoms with van der Waals surface area (Å²) in [6, 6.07) is 13.6. The molecule has 7 heteroatoms. The maximum Gasteiger partial charge on any atom is 0.255 e. The van der Waals surface area contributed by atoms with Gasteiger partial charge in [0.25, 0.3) is 5.91 Å². The first-order chi connectivity index (χ1) is 18.7. The molecule has 3 aromatic rings. The molecule has 2 heterocycles. The molecule has 39 heavy (non-hydrogen) atoms. The average molecular weight is 548 g/mol. The number of aromatic nitrogens is 1. The lowest BCUT2D eigenvalue weighted by atomic mass is 9.85. The van der Waals surface area contributed by atoms with Gasteiger partial charge in [-0.2, -0.15) is 11.8 Å². The number of ether oxygens (including phenoxy) is 2. The molecule has 2 aromatic carbocycles. The predicted octanol–water partition coefficient (Wildman–Crippen LogP) is 7.15. The van der Waals surface area contributed by atoms with E-state index in [1.807, 2.05) is 37.3 Å². The Morgan fingerprint density at radius 2 is 1.90 bits per heavy atom. The molecule has 0 spiro atoms. The lowest BCUT2D eigenvalue weighted by molar-refractivity contribution is 0.102. The number of hydrogen-bond donors (Lipinski definition) is 2. The smallest absolute Gasteiger partial charge is 0.255 e. The van der Waals surface area contributed by atoms with Gasteiger partial charge in [0.15, 0.2) is 0 Å². The Bertz CT molecular complexity index is 1300. The predicted molar refractivity (Wildman–Crippen MR) is 162 cm³/mol. The minimum atomic E-state index is -0.208. The molecule has 0 bridgehead atoms. The van der Waals surface area contributed by atoms with Crippen molar-refractivity contribution in [2.75, 3.05) is 31.8 Å². The molecule has 1 aliphatic heterocycles. The molecule has 0 radical (unpaired) electrons. The normalized spacial score (nSPS) is 14.2. The molecule has 1 aliphatic rings. The van der Waals surface area contributed by atoms with Gasteiger partial charge in [0, 0.05) is 34.8 Å². The van der Waals surface area contributed by atoms with Crippen molar-refractivity contribution in [3.8, 4) is 17.2 Å². The maximum atomic E-state index is 13.5. The molecule has 0 saturated carbocycles. The number of piperidine rings is 1. The third-order valence-corrected chi connectivity index (χ3v) is 7.81. The number of carbonyl (C=O) groups excluding carboxylic acids is 1. The molecular formula is C32H41N3O3S. The van der Waals surface area contributed by atoms with Crippen LogP contribution in [0.1, 0.15) is 66.4 Å². The second-order valence-electron chi connectivity index (χ2n) is 11.3. The van der Waals surface area contributed by atoms with Crippen molar-refractivity contribution in [3.05, 3.63) is 76.6 Å².